The number of carbonyl (C=O) groups excluding carboxylic acids is 1. The van der Waals surface area contributed by atoms with Crippen LogP contribution in [0.2, 0.25) is 0 Å². The van der Waals surface area contributed by atoms with Crippen LogP contribution in [0.5, 0.6) is 0 Å². The first-order valence-electron chi connectivity index (χ1n) is 13.6. The van der Waals surface area contributed by atoms with Gasteiger partial charge in [-0.2, -0.15) is 0 Å². The predicted molar refractivity (Wildman–Crippen MR) is 164 cm³/mol. The fourth-order valence-corrected chi connectivity index (χ4v) is 5.34. The third-order valence-corrected chi connectivity index (χ3v) is 7.88. The zero-order valence-electron chi connectivity index (χ0n) is 22.8. The number of urea groups is 1. The molecule has 0 aromatic heterocycles. The molecule has 1 fully saturated rings. The Labute approximate surface area is 237 Å². The number of thioether (sulfide) groups is 1. The number of hydrogen-bond acceptors (Lipinski definition) is 4. The normalized spacial score (nSPS) is 14.3. The van der Waals surface area contributed by atoms with Gasteiger partial charge in [-0.3, -0.25) is 4.90 Å². The molecule has 1 N–H and O–H groups in total. The highest BCUT2D eigenvalue weighted by Gasteiger charge is 2.21. The average molecular weight is 542 g/mol. The van der Waals surface area contributed by atoms with Crippen LogP contribution in [0.3, 0.4) is 0 Å². The Morgan fingerprint density at radius 3 is 2.10 bits per heavy atom. The van der Waals surface area contributed by atoms with E-state index in [1.165, 1.54) is 22.9 Å². The van der Waals surface area contributed by atoms with E-state index < -0.39 is 0 Å². The molecule has 5 nitrogen and oxygen atoms in total. The number of nitrogens with zero attached hydrogens (tertiary/aromatic N) is 2. The third kappa shape index (κ3) is 9.13. The number of nitrogens with one attached hydrogen (secondary N) is 1. The van der Waals surface area contributed by atoms with Crippen molar-refractivity contribution in [2.45, 2.75) is 19.3 Å². The SMILES string of the molecule is C=C(NC(=O)N(CCC(c1ccccc1)c1ccccc1)CCN1CCOCC1)S/C=C(\C)c1ccccc1. The highest BCUT2D eigenvalue weighted by Crippen LogP contribution is 2.28. The van der Waals surface area contributed by atoms with E-state index in [-0.39, 0.29) is 11.9 Å². The summed E-state index contributed by atoms with van der Waals surface area (Å²) < 4.78 is 5.51. The second kappa shape index (κ2) is 15.3. The summed E-state index contributed by atoms with van der Waals surface area (Å²) >= 11 is 1.45. The molecule has 1 heterocycles. The molecule has 1 saturated heterocycles. The quantitative estimate of drug-likeness (QED) is 0.273. The Balaban J connectivity index is 1.42. The van der Waals surface area contributed by atoms with Crippen LogP contribution in [0, 0.1) is 0 Å². The standard InChI is InChI=1S/C33H39N3O2S/c1-27(29-12-6-3-7-13-29)26-39-28(2)34-33(37)36(21-20-35-22-24-38-25-23-35)19-18-32(30-14-8-4-9-15-30)31-16-10-5-11-17-31/h3-17,26,32H,2,18-25H2,1H3,(H,34,37)/b27-26+. The van der Waals surface area contributed by atoms with Crippen LogP contribution < -0.4 is 5.32 Å². The maximum absolute atomic E-state index is 13.5. The molecule has 6 heteroatoms. The molecule has 1 aliphatic rings. The van der Waals surface area contributed by atoms with E-state index in [4.69, 9.17) is 4.74 Å². The van der Waals surface area contributed by atoms with Crippen LogP contribution in [0.4, 0.5) is 4.79 Å². The highest BCUT2D eigenvalue weighted by molar-refractivity contribution is 8.05. The second-order valence-electron chi connectivity index (χ2n) is 9.74. The van der Waals surface area contributed by atoms with Crippen molar-refractivity contribution in [3.05, 3.63) is 125 Å². The van der Waals surface area contributed by atoms with Crippen molar-refractivity contribution >= 4 is 23.4 Å². The van der Waals surface area contributed by atoms with Gasteiger partial charge in [0.2, 0.25) is 0 Å². The van der Waals surface area contributed by atoms with Gasteiger partial charge < -0.3 is 15.0 Å². The van der Waals surface area contributed by atoms with E-state index in [1.54, 1.807) is 0 Å². The Morgan fingerprint density at radius 2 is 1.51 bits per heavy atom. The van der Waals surface area contributed by atoms with Gasteiger partial charge in [-0.05, 0) is 41.0 Å². The molecule has 0 radical (unpaired) electrons. The number of amides is 2. The van der Waals surface area contributed by atoms with Crippen LogP contribution in [-0.4, -0.2) is 61.8 Å². The molecule has 0 atom stereocenters. The lowest BCUT2D eigenvalue weighted by Crippen LogP contribution is -2.46. The summed E-state index contributed by atoms with van der Waals surface area (Å²) in [6, 6.07) is 31.2. The van der Waals surface area contributed by atoms with Crippen molar-refractivity contribution < 1.29 is 9.53 Å². The summed E-state index contributed by atoms with van der Waals surface area (Å²) in [6.07, 6.45) is 0.831. The fourth-order valence-electron chi connectivity index (χ4n) is 4.74. The van der Waals surface area contributed by atoms with Gasteiger partial charge >= 0.3 is 6.03 Å². The first-order chi connectivity index (χ1) is 19.1. The summed E-state index contributed by atoms with van der Waals surface area (Å²) in [4.78, 5) is 17.8. The largest absolute Gasteiger partial charge is 0.379 e. The minimum atomic E-state index is -0.105. The molecular weight excluding hydrogens is 502 g/mol. The van der Waals surface area contributed by atoms with Gasteiger partial charge in [0.1, 0.15) is 0 Å². The van der Waals surface area contributed by atoms with Crippen LogP contribution in [0.25, 0.3) is 5.57 Å². The Kier molecular flexibility index (Phi) is 11.3. The second-order valence-corrected chi connectivity index (χ2v) is 10.7. The average Bonchev–Trinajstić information content (AvgIpc) is 2.99. The van der Waals surface area contributed by atoms with Gasteiger partial charge in [0.15, 0.2) is 0 Å². The van der Waals surface area contributed by atoms with E-state index in [0.29, 0.717) is 18.1 Å². The first-order valence-corrected chi connectivity index (χ1v) is 14.5. The van der Waals surface area contributed by atoms with E-state index in [0.717, 1.165) is 50.4 Å². The monoisotopic (exact) mass is 541 g/mol. The molecular formula is C33H39N3O2S. The lowest BCUT2D eigenvalue weighted by molar-refractivity contribution is 0.0349. The topological polar surface area (TPSA) is 44.8 Å². The molecule has 39 heavy (non-hydrogen) atoms. The summed E-state index contributed by atoms with van der Waals surface area (Å²) in [5, 5.41) is 5.70. The number of allylic oxidation sites excluding steroid dienone is 1. The van der Waals surface area contributed by atoms with Crippen molar-refractivity contribution in [1.29, 1.82) is 0 Å². The molecule has 4 rings (SSSR count). The molecule has 3 aromatic rings. The van der Waals surface area contributed by atoms with E-state index in [9.17, 15) is 4.79 Å². The van der Waals surface area contributed by atoms with Gasteiger partial charge in [-0.25, -0.2) is 4.79 Å². The van der Waals surface area contributed by atoms with Gasteiger partial charge in [0.05, 0.1) is 18.2 Å². The Hall–Kier alpha value is -3.32. The maximum atomic E-state index is 13.5. The van der Waals surface area contributed by atoms with Crippen molar-refractivity contribution in [3.8, 4) is 0 Å². The van der Waals surface area contributed by atoms with Crippen molar-refractivity contribution in [1.82, 2.24) is 15.1 Å². The number of rotatable bonds is 12. The highest BCUT2D eigenvalue weighted by atomic mass is 32.2. The number of carbonyl (C=O) groups is 1. The molecule has 3 aromatic carbocycles. The van der Waals surface area contributed by atoms with Crippen molar-refractivity contribution in [2.75, 3.05) is 45.9 Å². The van der Waals surface area contributed by atoms with Gasteiger partial charge in [-0.1, -0.05) is 109 Å². The van der Waals surface area contributed by atoms with E-state index in [1.807, 2.05) is 40.6 Å². The molecule has 0 spiro atoms. The maximum Gasteiger partial charge on any atom is 0.322 e. The zero-order valence-corrected chi connectivity index (χ0v) is 23.6. The number of morpholine rings is 1. The van der Waals surface area contributed by atoms with Crippen molar-refractivity contribution in [2.24, 2.45) is 0 Å². The Morgan fingerprint density at radius 1 is 0.949 bits per heavy atom. The van der Waals surface area contributed by atoms with Crippen molar-refractivity contribution in [3.63, 3.8) is 0 Å². The minimum absolute atomic E-state index is 0.105. The Bertz CT molecular complexity index is 1160. The summed E-state index contributed by atoms with van der Waals surface area (Å²) in [5.41, 5.74) is 4.82. The smallest absolute Gasteiger partial charge is 0.322 e. The zero-order chi connectivity index (χ0) is 27.3. The number of benzene rings is 3. The molecule has 204 valence electrons. The van der Waals surface area contributed by atoms with Gasteiger partial charge in [0.25, 0.3) is 0 Å². The number of hydrogen-bond donors (Lipinski definition) is 1. The van der Waals surface area contributed by atoms with E-state index >= 15 is 0 Å². The summed E-state index contributed by atoms with van der Waals surface area (Å²) in [6.45, 7) is 11.6. The molecule has 0 saturated carbocycles. The third-order valence-electron chi connectivity index (χ3n) is 7.02. The van der Waals surface area contributed by atoms with Crippen LogP contribution in [-0.2, 0) is 4.74 Å². The molecule has 0 aliphatic carbocycles. The number of ether oxygens (including phenoxy) is 1. The molecule has 0 bridgehead atoms. The summed E-state index contributed by atoms with van der Waals surface area (Å²) in [5.74, 6) is 0.208. The molecule has 2 amide bonds. The molecule has 1 aliphatic heterocycles. The van der Waals surface area contributed by atoms with Crippen LogP contribution in [0.1, 0.15) is 36.0 Å². The summed E-state index contributed by atoms with van der Waals surface area (Å²) in [7, 11) is 0. The predicted octanol–water partition coefficient (Wildman–Crippen LogP) is 6.82. The van der Waals surface area contributed by atoms with Gasteiger partial charge in [0, 0.05) is 38.6 Å². The minimum Gasteiger partial charge on any atom is -0.379 e. The fraction of sp³-hybridized carbons (Fsp3) is 0.303. The van der Waals surface area contributed by atoms with E-state index in [2.05, 4.69) is 84.4 Å². The van der Waals surface area contributed by atoms with Gasteiger partial charge in [-0.15, -0.1) is 0 Å². The van der Waals surface area contributed by atoms with Crippen LogP contribution >= 0.6 is 11.8 Å². The lowest BCUT2D eigenvalue weighted by atomic mass is 9.88. The lowest BCUT2D eigenvalue weighted by Gasteiger charge is -2.31. The molecule has 0 unspecified atom stereocenters. The first kappa shape index (κ1) is 28.7. The van der Waals surface area contributed by atoms with Crippen LogP contribution in [0.15, 0.2) is 108 Å².